The predicted molar refractivity (Wildman–Crippen MR) is 190 cm³/mol. The van der Waals surface area contributed by atoms with E-state index in [-0.39, 0.29) is 72.7 Å². The molecular weight excluding hydrogens is 703 g/mol. The van der Waals surface area contributed by atoms with Crippen molar-refractivity contribution >= 4 is 5.57 Å². The van der Waals surface area contributed by atoms with Crippen molar-refractivity contribution in [2.75, 3.05) is 0 Å². The van der Waals surface area contributed by atoms with Gasteiger partial charge < -0.3 is 24.8 Å². The fourth-order valence-electron chi connectivity index (χ4n) is 12.9. The molecule has 1 aromatic carbocycles. The molecule has 0 aliphatic heterocycles. The van der Waals surface area contributed by atoms with Crippen LogP contribution in [0.15, 0.2) is 70.9 Å². The van der Waals surface area contributed by atoms with Crippen molar-refractivity contribution in [2.24, 2.45) is 63.1 Å². The summed E-state index contributed by atoms with van der Waals surface area (Å²) in [6, 6.07) is 9.16. The number of hydrogen-bond acceptors (Lipinski definition) is 0. The first-order valence-electron chi connectivity index (χ1n) is 18.7. The van der Waals surface area contributed by atoms with Crippen LogP contribution in [-0.4, -0.2) is 0 Å². The number of allylic oxidation sites excluding steroid dienone is 10. The van der Waals surface area contributed by atoms with E-state index in [1.54, 1.807) is 40.2 Å². The monoisotopic (exact) mass is 758 g/mol. The molecule has 3 unspecified atom stereocenters. The van der Waals surface area contributed by atoms with Crippen LogP contribution in [0.2, 0.25) is 0 Å². The van der Waals surface area contributed by atoms with Crippen LogP contribution in [0.4, 0.5) is 0 Å². The van der Waals surface area contributed by atoms with Gasteiger partial charge in [0.25, 0.3) is 0 Å². The third-order valence-corrected chi connectivity index (χ3v) is 16.4. The van der Waals surface area contributed by atoms with Crippen molar-refractivity contribution < 1.29 is 51.0 Å². The van der Waals surface area contributed by atoms with Gasteiger partial charge in [0, 0.05) is 0 Å². The molecule has 48 heavy (non-hydrogen) atoms. The molecule has 0 heterocycles. The van der Waals surface area contributed by atoms with Gasteiger partial charge in [0.2, 0.25) is 0 Å². The van der Waals surface area contributed by atoms with E-state index < -0.39 is 0 Å². The summed E-state index contributed by atoms with van der Waals surface area (Å²) in [6.07, 6.45) is 24.5. The van der Waals surface area contributed by atoms with Crippen molar-refractivity contribution in [3.05, 3.63) is 94.0 Å². The fraction of sp³-hybridized carbons (Fsp3) is 0.622. The average molecular weight is 761 g/mol. The zero-order chi connectivity index (χ0) is 31.7. The number of halogens is 2. The second-order valence-electron chi connectivity index (χ2n) is 18.5. The Bertz CT molecular complexity index is 1550. The molecule has 5 saturated carbocycles. The van der Waals surface area contributed by atoms with Gasteiger partial charge >= 0.3 is 26.2 Å². The largest absolute Gasteiger partial charge is 4.00 e. The summed E-state index contributed by atoms with van der Waals surface area (Å²) in [5.74, 6) is 8.01. The van der Waals surface area contributed by atoms with E-state index in [1.165, 1.54) is 49.7 Å². The number of hydrogen-bond donors (Lipinski definition) is 0. The van der Waals surface area contributed by atoms with Crippen LogP contribution in [0.25, 0.3) is 5.57 Å². The zero-order valence-electron chi connectivity index (χ0n) is 31.1. The topological polar surface area (TPSA) is 0 Å². The van der Waals surface area contributed by atoms with E-state index in [9.17, 15) is 0 Å². The minimum absolute atomic E-state index is 0. The summed E-state index contributed by atoms with van der Waals surface area (Å²) in [7, 11) is 0. The minimum atomic E-state index is 0. The molecular formula is C45H58Cl2Zr. The van der Waals surface area contributed by atoms with Gasteiger partial charge in [-0.2, -0.15) is 22.8 Å². The first-order valence-corrected chi connectivity index (χ1v) is 18.7. The molecule has 1 aromatic rings. The van der Waals surface area contributed by atoms with Crippen molar-refractivity contribution in [3.63, 3.8) is 0 Å². The second kappa shape index (κ2) is 13.0. The summed E-state index contributed by atoms with van der Waals surface area (Å²) >= 11 is 0. The SMILES string of the molecule is CC1[C-]=CC(C2C3CC4CC(C3)CC2C4)=C1.C[C-]1C2=C3Cc4ccccc4C3=C3C=CCCC3C2(C)C(C)(C)C(C)(C)C1(C)C.[Cl-].[Cl-].[Zr+4]. The van der Waals surface area contributed by atoms with Gasteiger partial charge in [0.05, 0.1) is 0 Å². The van der Waals surface area contributed by atoms with Gasteiger partial charge in [0.1, 0.15) is 0 Å². The summed E-state index contributed by atoms with van der Waals surface area (Å²) in [5.41, 5.74) is 12.0. The molecule has 9 aliphatic carbocycles. The molecule has 3 heteroatoms. The molecule has 3 atom stereocenters. The first-order chi connectivity index (χ1) is 21.3. The van der Waals surface area contributed by atoms with Crippen LogP contribution in [0, 0.1) is 75.1 Å². The molecule has 0 N–H and O–H groups in total. The summed E-state index contributed by atoms with van der Waals surface area (Å²) in [6.45, 7) is 22.6. The molecule has 5 fully saturated rings. The van der Waals surface area contributed by atoms with Gasteiger partial charge in [0.15, 0.2) is 0 Å². The first kappa shape index (κ1) is 38.5. The Morgan fingerprint density at radius 3 is 2.06 bits per heavy atom. The van der Waals surface area contributed by atoms with Gasteiger partial charge in [-0.3, -0.25) is 6.08 Å². The van der Waals surface area contributed by atoms with E-state index in [0.717, 1.165) is 36.0 Å². The second-order valence-corrected chi connectivity index (χ2v) is 18.5. The molecule has 0 amide bonds. The molecule has 4 bridgehead atoms. The smallest absolute Gasteiger partial charge is 1.00 e. The van der Waals surface area contributed by atoms with Crippen molar-refractivity contribution in [2.45, 2.75) is 114 Å². The van der Waals surface area contributed by atoms with Gasteiger partial charge in [-0.15, -0.1) is 6.92 Å². The van der Waals surface area contributed by atoms with Gasteiger partial charge in [-0.05, 0) is 96.3 Å². The Balaban J connectivity index is 0.000000202. The van der Waals surface area contributed by atoms with E-state index in [0.29, 0.717) is 11.8 Å². The minimum Gasteiger partial charge on any atom is -1.00 e. The van der Waals surface area contributed by atoms with Crippen LogP contribution < -0.4 is 24.8 Å². The Kier molecular flexibility index (Phi) is 10.4. The Labute approximate surface area is 325 Å². The average Bonchev–Trinajstić information content (AvgIpc) is 3.59. The van der Waals surface area contributed by atoms with Crippen molar-refractivity contribution in [1.82, 2.24) is 0 Å². The molecule has 0 nitrogen and oxygen atoms in total. The van der Waals surface area contributed by atoms with Crippen LogP contribution in [0.1, 0.15) is 118 Å². The number of fused-ring (bicyclic) bond motifs is 6. The fourth-order valence-corrected chi connectivity index (χ4v) is 12.9. The normalized spacial score (nSPS) is 37.9. The Morgan fingerprint density at radius 1 is 0.833 bits per heavy atom. The standard InChI is InChI=1S/C29H37.C16H21.2ClH.Zr/c1-18-25-22-17-19-13-9-10-14-20(19)24(22)21-15-11-12-16-23(21)29(25,8)28(6,7)27(4,5)26(18,2)3;1-10-2-3-13(4-10)16-14-6-11-5-12(8-14)9-15(16)7-11;;;/h9-11,13-15,23H,12,16-17H2,1-8H3;3-4,10-12,14-16H,5-9H2,1H3;2*1H;/q2*-1;;;+4/p-2. The van der Waals surface area contributed by atoms with E-state index in [2.05, 4.69) is 117 Å². The number of rotatable bonds is 1. The Hall–Kier alpha value is -0.747. The van der Waals surface area contributed by atoms with Crippen molar-refractivity contribution in [3.8, 4) is 0 Å². The third-order valence-electron chi connectivity index (χ3n) is 16.4. The third kappa shape index (κ3) is 5.14. The van der Waals surface area contributed by atoms with E-state index in [1.807, 2.05) is 0 Å². The molecule has 9 aliphatic rings. The Morgan fingerprint density at radius 2 is 1.46 bits per heavy atom. The number of benzene rings is 1. The quantitative estimate of drug-likeness (QED) is 0.310. The van der Waals surface area contributed by atoms with E-state index >= 15 is 0 Å². The summed E-state index contributed by atoms with van der Waals surface area (Å²) < 4.78 is 0. The molecule has 0 radical (unpaired) electrons. The van der Waals surface area contributed by atoms with Crippen LogP contribution >= 0.6 is 0 Å². The maximum atomic E-state index is 3.46. The molecule has 256 valence electrons. The predicted octanol–water partition coefficient (Wildman–Crippen LogP) is 5.97. The molecule has 10 rings (SSSR count). The zero-order valence-corrected chi connectivity index (χ0v) is 35.0. The van der Waals surface area contributed by atoms with Gasteiger partial charge in [-0.25, -0.2) is 12.0 Å². The van der Waals surface area contributed by atoms with Crippen LogP contribution in [-0.2, 0) is 32.6 Å². The molecule has 0 spiro atoms. The van der Waals surface area contributed by atoms with E-state index in [4.69, 9.17) is 0 Å². The maximum absolute atomic E-state index is 3.46. The maximum Gasteiger partial charge on any atom is 4.00 e. The molecule has 0 aromatic heterocycles. The van der Waals surface area contributed by atoms with Gasteiger partial charge in [-0.1, -0.05) is 132 Å². The van der Waals surface area contributed by atoms with Crippen LogP contribution in [0.5, 0.6) is 0 Å². The molecule has 0 saturated heterocycles. The van der Waals surface area contributed by atoms with Crippen LogP contribution in [0.3, 0.4) is 0 Å². The summed E-state index contributed by atoms with van der Waals surface area (Å²) in [4.78, 5) is 0. The van der Waals surface area contributed by atoms with Crippen molar-refractivity contribution in [1.29, 1.82) is 0 Å². The summed E-state index contributed by atoms with van der Waals surface area (Å²) in [5, 5.41) is 0.